The number of benzene rings is 1. The molecule has 0 fully saturated rings. The zero-order chi connectivity index (χ0) is 16.6. The Morgan fingerprint density at radius 1 is 1.22 bits per heavy atom. The SMILES string of the molecule is Cc1noc(C)c1C(=O)O[C@@H](C)C(=O)c1ccc2c(c1)CCC2. The Kier molecular flexibility index (Phi) is 4.03. The lowest BCUT2D eigenvalue weighted by Crippen LogP contribution is -2.25. The van der Waals surface area contributed by atoms with E-state index in [4.69, 9.17) is 9.26 Å². The van der Waals surface area contributed by atoms with E-state index in [2.05, 4.69) is 5.16 Å². The van der Waals surface area contributed by atoms with Crippen molar-refractivity contribution in [3.63, 3.8) is 0 Å². The first-order chi connectivity index (χ1) is 11.0. The third-order valence-electron chi connectivity index (χ3n) is 4.27. The molecule has 1 heterocycles. The molecule has 1 aliphatic carbocycles. The van der Waals surface area contributed by atoms with Crippen LogP contribution < -0.4 is 0 Å². The van der Waals surface area contributed by atoms with Gasteiger partial charge in [-0.3, -0.25) is 4.79 Å². The molecule has 0 amide bonds. The van der Waals surface area contributed by atoms with Crippen LogP contribution in [0.3, 0.4) is 0 Å². The topological polar surface area (TPSA) is 69.4 Å². The maximum atomic E-state index is 12.5. The van der Waals surface area contributed by atoms with E-state index in [-0.39, 0.29) is 5.78 Å². The van der Waals surface area contributed by atoms with E-state index in [1.165, 1.54) is 11.1 Å². The van der Waals surface area contributed by atoms with Gasteiger partial charge in [0.2, 0.25) is 5.78 Å². The van der Waals surface area contributed by atoms with E-state index in [1.54, 1.807) is 20.8 Å². The van der Waals surface area contributed by atoms with Crippen LogP contribution in [0.4, 0.5) is 0 Å². The summed E-state index contributed by atoms with van der Waals surface area (Å²) in [5, 5.41) is 3.73. The smallest absolute Gasteiger partial charge is 0.344 e. The number of fused-ring (bicyclic) bond motifs is 1. The van der Waals surface area contributed by atoms with Gasteiger partial charge >= 0.3 is 5.97 Å². The minimum atomic E-state index is -0.851. The lowest BCUT2D eigenvalue weighted by molar-refractivity contribution is 0.0316. The third kappa shape index (κ3) is 2.91. The molecule has 120 valence electrons. The Morgan fingerprint density at radius 2 is 1.96 bits per heavy atom. The van der Waals surface area contributed by atoms with Gasteiger partial charge in [0.25, 0.3) is 0 Å². The lowest BCUT2D eigenvalue weighted by Gasteiger charge is -2.13. The molecule has 0 unspecified atom stereocenters. The number of esters is 1. The van der Waals surface area contributed by atoms with Crippen molar-refractivity contribution in [1.82, 2.24) is 5.16 Å². The van der Waals surface area contributed by atoms with Crippen molar-refractivity contribution < 1.29 is 18.8 Å². The molecule has 5 heteroatoms. The van der Waals surface area contributed by atoms with Crippen molar-refractivity contribution in [3.05, 3.63) is 51.9 Å². The highest BCUT2D eigenvalue weighted by atomic mass is 16.5. The fourth-order valence-electron chi connectivity index (χ4n) is 3.01. The maximum Gasteiger partial charge on any atom is 0.344 e. The summed E-state index contributed by atoms with van der Waals surface area (Å²) in [6, 6.07) is 5.73. The average molecular weight is 313 g/mol. The molecule has 0 spiro atoms. The number of hydrogen-bond donors (Lipinski definition) is 0. The highest BCUT2D eigenvalue weighted by molar-refractivity contribution is 6.01. The minimum Gasteiger partial charge on any atom is -0.451 e. The molecule has 0 saturated heterocycles. The molecule has 3 rings (SSSR count). The number of ketones is 1. The van der Waals surface area contributed by atoms with Gasteiger partial charge in [0, 0.05) is 5.56 Å². The molecular weight excluding hydrogens is 294 g/mol. The quantitative estimate of drug-likeness (QED) is 0.640. The molecule has 2 aromatic rings. The van der Waals surface area contributed by atoms with Gasteiger partial charge < -0.3 is 9.26 Å². The van der Waals surface area contributed by atoms with E-state index in [1.807, 2.05) is 18.2 Å². The summed E-state index contributed by atoms with van der Waals surface area (Å²) in [6.07, 6.45) is 2.35. The molecule has 1 aliphatic rings. The summed E-state index contributed by atoms with van der Waals surface area (Å²) >= 11 is 0. The predicted molar refractivity (Wildman–Crippen MR) is 83.7 cm³/mol. The van der Waals surface area contributed by atoms with Gasteiger partial charge in [0.1, 0.15) is 11.3 Å². The van der Waals surface area contributed by atoms with Crippen LogP contribution in [-0.2, 0) is 17.6 Å². The van der Waals surface area contributed by atoms with Crippen LogP contribution in [-0.4, -0.2) is 23.0 Å². The van der Waals surface area contributed by atoms with E-state index in [0.29, 0.717) is 22.6 Å². The number of Topliss-reactive ketones (excluding diaryl/α,β-unsaturated/α-hetero) is 1. The second kappa shape index (κ2) is 5.99. The van der Waals surface area contributed by atoms with Crippen LogP contribution in [0.1, 0.15) is 56.6 Å². The summed E-state index contributed by atoms with van der Waals surface area (Å²) in [6.45, 7) is 4.90. The zero-order valence-electron chi connectivity index (χ0n) is 13.5. The number of aromatic nitrogens is 1. The molecule has 5 nitrogen and oxygen atoms in total. The summed E-state index contributed by atoms with van der Waals surface area (Å²) < 4.78 is 10.3. The molecule has 1 aromatic carbocycles. The van der Waals surface area contributed by atoms with Gasteiger partial charge in [-0.15, -0.1) is 0 Å². The van der Waals surface area contributed by atoms with Gasteiger partial charge in [-0.1, -0.05) is 17.3 Å². The van der Waals surface area contributed by atoms with Crippen LogP contribution in [0.2, 0.25) is 0 Å². The lowest BCUT2D eigenvalue weighted by atomic mass is 10.0. The van der Waals surface area contributed by atoms with Crippen molar-refractivity contribution in [2.45, 2.75) is 46.1 Å². The Bertz CT molecular complexity index is 756. The summed E-state index contributed by atoms with van der Waals surface area (Å²) in [4.78, 5) is 24.7. The Hall–Kier alpha value is -2.43. The van der Waals surface area contributed by atoms with Crippen LogP contribution in [0.15, 0.2) is 22.7 Å². The number of rotatable bonds is 4. The number of nitrogens with zero attached hydrogens (tertiary/aromatic N) is 1. The monoisotopic (exact) mass is 313 g/mol. The highest BCUT2D eigenvalue weighted by Crippen LogP contribution is 2.24. The van der Waals surface area contributed by atoms with Gasteiger partial charge in [-0.05, 0) is 57.2 Å². The van der Waals surface area contributed by atoms with E-state index >= 15 is 0 Å². The molecule has 0 N–H and O–H groups in total. The van der Waals surface area contributed by atoms with E-state index in [0.717, 1.165) is 19.3 Å². The fourth-order valence-corrected chi connectivity index (χ4v) is 3.01. The fraction of sp³-hybridized carbons (Fsp3) is 0.389. The number of carbonyl (C=O) groups is 2. The molecule has 23 heavy (non-hydrogen) atoms. The maximum absolute atomic E-state index is 12.5. The molecule has 1 aromatic heterocycles. The number of ether oxygens (including phenoxy) is 1. The summed E-state index contributed by atoms with van der Waals surface area (Å²) in [5.74, 6) is -0.382. The highest BCUT2D eigenvalue weighted by Gasteiger charge is 2.25. The standard InChI is InChI=1S/C18H19NO4/c1-10-16(11(2)23-19-10)18(21)22-12(3)17(20)15-8-7-13-5-4-6-14(13)9-15/h7-9,12H,4-6H2,1-3H3/t12-/m0/s1. The first kappa shape index (κ1) is 15.5. The van der Waals surface area contributed by atoms with Gasteiger partial charge in [0.15, 0.2) is 6.10 Å². The van der Waals surface area contributed by atoms with Crippen molar-refractivity contribution >= 4 is 11.8 Å². The van der Waals surface area contributed by atoms with Crippen molar-refractivity contribution in [2.24, 2.45) is 0 Å². The van der Waals surface area contributed by atoms with Crippen LogP contribution in [0.25, 0.3) is 0 Å². The summed E-state index contributed by atoms with van der Waals surface area (Å²) in [7, 11) is 0. The molecular formula is C18H19NO4. The van der Waals surface area contributed by atoms with Gasteiger partial charge in [-0.2, -0.15) is 0 Å². The molecule has 1 atom stereocenters. The van der Waals surface area contributed by atoms with E-state index < -0.39 is 12.1 Å². The van der Waals surface area contributed by atoms with Crippen molar-refractivity contribution in [3.8, 4) is 0 Å². The Labute approximate surface area is 134 Å². The van der Waals surface area contributed by atoms with Crippen LogP contribution in [0.5, 0.6) is 0 Å². The molecule has 0 saturated carbocycles. The molecule has 0 bridgehead atoms. The molecule has 0 radical (unpaired) electrons. The largest absolute Gasteiger partial charge is 0.451 e. The van der Waals surface area contributed by atoms with Crippen LogP contribution in [0, 0.1) is 13.8 Å². The second-order valence-corrected chi connectivity index (χ2v) is 5.95. The minimum absolute atomic E-state index is 0.195. The average Bonchev–Trinajstić information content (AvgIpc) is 3.11. The number of aryl methyl sites for hydroxylation is 4. The zero-order valence-corrected chi connectivity index (χ0v) is 13.5. The van der Waals surface area contributed by atoms with Crippen LogP contribution >= 0.6 is 0 Å². The van der Waals surface area contributed by atoms with E-state index in [9.17, 15) is 9.59 Å². The second-order valence-electron chi connectivity index (χ2n) is 5.95. The Balaban J connectivity index is 1.74. The first-order valence-corrected chi connectivity index (χ1v) is 7.77. The predicted octanol–water partition coefficient (Wildman–Crippen LogP) is 3.21. The summed E-state index contributed by atoms with van der Waals surface area (Å²) in [5.41, 5.74) is 3.87. The third-order valence-corrected chi connectivity index (χ3v) is 4.27. The van der Waals surface area contributed by atoms with Gasteiger partial charge in [0.05, 0.1) is 5.69 Å². The van der Waals surface area contributed by atoms with Crippen molar-refractivity contribution in [2.75, 3.05) is 0 Å². The number of carbonyl (C=O) groups excluding carboxylic acids is 2. The van der Waals surface area contributed by atoms with Gasteiger partial charge in [-0.25, -0.2) is 4.79 Å². The Morgan fingerprint density at radius 3 is 2.65 bits per heavy atom. The number of hydrogen-bond acceptors (Lipinski definition) is 5. The molecule has 0 aliphatic heterocycles. The normalized spacial score (nSPS) is 14.4. The van der Waals surface area contributed by atoms with Crippen molar-refractivity contribution in [1.29, 1.82) is 0 Å². The first-order valence-electron chi connectivity index (χ1n) is 7.77.